The Morgan fingerprint density at radius 1 is 1.25 bits per heavy atom. The minimum absolute atomic E-state index is 0.00965. The van der Waals surface area contributed by atoms with Gasteiger partial charge in [-0.25, -0.2) is 9.78 Å². The molecule has 2 atom stereocenters. The van der Waals surface area contributed by atoms with Crippen molar-refractivity contribution in [3.05, 3.63) is 59.3 Å². The van der Waals surface area contributed by atoms with Crippen LogP contribution in [0.2, 0.25) is 0 Å². The summed E-state index contributed by atoms with van der Waals surface area (Å²) in [5, 5.41) is 9.03. The Morgan fingerprint density at radius 2 is 1.96 bits per heavy atom. The van der Waals surface area contributed by atoms with E-state index in [4.69, 9.17) is 9.84 Å². The first-order chi connectivity index (χ1) is 13.3. The summed E-state index contributed by atoms with van der Waals surface area (Å²) in [7, 11) is 0. The van der Waals surface area contributed by atoms with Gasteiger partial charge >= 0.3 is 12.1 Å². The molecule has 3 rings (SSSR count). The highest BCUT2D eigenvalue weighted by atomic mass is 19.4. The molecule has 1 N–H and O–H groups in total. The lowest BCUT2D eigenvalue weighted by Gasteiger charge is -2.25. The second-order valence-corrected chi connectivity index (χ2v) is 6.73. The number of hydrogen-bond acceptors (Lipinski definition) is 4. The quantitative estimate of drug-likeness (QED) is 0.796. The van der Waals surface area contributed by atoms with E-state index in [1.807, 2.05) is 11.8 Å². The minimum atomic E-state index is -4.35. The van der Waals surface area contributed by atoms with Crippen LogP contribution in [0.25, 0.3) is 0 Å². The third-order valence-electron chi connectivity index (χ3n) is 4.93. The molecule has 0 saturated carbocycles. The van der Waals surface area contributed by atoms with Crippen LogP contribution in [0.3, 0.4) is 0 Å². The molecule has 1 aliphatic heterocycles. The minimum Gasteiger partial charge on any atom is -0.478 e. The number of halogens is 3. The van der Waals surface area contributed by atoms with Crippen LogP contribution in [0.15, 0.2) is 42.6 Å². The van der Waals surface area contributed by atoms with Crippen molar-refractivity contribution in [1.29, 1.82) is 0 Å². The van der Waals surface area contributed by atoms with Gasteiger partial charge in [-0.3, -0.25) is 0 Å². The van der Waals surface area contributed by atoms with E-state index in [9.17, 15) is 18.0 Å². The number of rotatable bonds is 6. The Morgan fingerprint density at radius 3 is 2.50 bits per heavy atom. The fourth-order valence-corrected chi connectivity index (χ4v) is 3.48. The van der Waals surface area contributed by atoms with Gasteiger partial charge in [0.15, 0.2) is 0 Å². The van der Waals surface area contributed by atoms with E-state index in [1.165, 1.54) is 24.4 Å². The zero-order valence-electron chi connectivity index (χ0n) is 15.3. The van der Waals surface area contributed by atoms with Gasteiger partial charge in [-0.1, -0.05) is 12.1 Å². The zero-order chi connectivity index (χ0) is 20.3. The highest BCUT2D eigenvalue weighted by molar-refractivity contribution is 5.87. The van der Waals surface area contributed by atoms with Crippen LogP contribution >= 0.6 is 0 Å². The van der Waals surface area contributed by atoms with Crippen LogP contribution in [-0.4, -0.2) is 41.9 Å². The lowest BCUT2D eigenvalue weighted by atomic mass is 9.95. The normalized spacial score (nSPS) is 19.8. The Hall–Kier alpha value is -2.61. The molecule has 0 amide bonds. The largest absolute Gasteiger partial charge is 0.478 e. The molecule has 2 aromatic rings. The van der Waals surface area contributed by atoms with Gasteiger partial charge in [0.25, 0.3) is 0 Å². The molecular weight excluding hydrogens is 373 g/mol. The van der Waals surface area contributed by atoms with Crippen molar-refractivity contribution in [3.8, 4) is 0 Å². The van der Waals surface area contributed by atoms with Crippen LogP contribution in [0.1, 0.15) is 40.7 Å². The smallest absolute Gasteiger partial charge is 0.416 e. The summed E-state index contributed by atoms with van der Waals surface area (Å²) in [6.07, 6.45) is -2.33. The number of carboxylic acids is 1. The maximum Gasteiger partial charge on any atom is 0.416 e. The fraction of sp³-hybridized carbons (Fsp3) is 0.400. The third kappa shape index (κ3) is 4.44. The van der Waals surface area contributed by atoms with Crippen LogP contribution < -0.4 is 4.90 Å². The SMILES string of the molecule is CCOC[C@@H]1CC(c2ccc(C(F)(F)F)cc2)CN1c1ccc(C(=O)O)cn1. The fourth-order valence-electron chi connectivity index (χ4n) is 3.48. The van der Waals surface area contributed by atoms with Gasteiger partial charge in [0.2, 0.25) is 0 Å². The summed E-state index contributed by atoms with van der Waals surface area (Å²) >= 11 is 0. The van der Waals surface area contributed by atoms with E-state index in [1.54, 1.807) is 6.07 Å². The van der Waals surface area contributed by atoms with Crippen molar-refractivity contribution in [2.75, 3.05) is 24.7 Å². The number of aromatic nitrogens is 1. The molecule has 2 heterocycles. The molecular formula is C20H21F3N2O3. The molecule has 0 spiro atoms. The molecule has 1 unspecified atom stereocenters. The summed E-state index contributed by atoms with van der Waals surface area (Å²) in [4.78, 5) is 17.3. The average Bonchev–Trinajstić information content (AvgIpc) is 3.10. The van der Waals surface area contributed by atoms with Crippen LogP contribution in [-0.2, 0) is 10.9 Å². The van der Waals surface area contributed by atoms with Crippen molar-refractivity contribution < 1.29 is 27.8 Å². The first-order valence-corrected chi connectivity index (χ1v) is 9.00. The van der Waals surface area contributed by atoms with Gasteiger partial charge in [0, 0.05) is 25.3 Å². The van der Waals surface area contributed by atoms with E-state index in [0.717, 1.165) is 17.7 Å². The topological polar surface area (TPSA) is 62.7 Å². The molecule has 150 valence electrons. The third-order valence-corrected chi connectivity index (χ3v) is 4.93. The van der Waals surface area contributed by atoms with Crippen LogP contribution in [0.5, 0.6) is 0 Å². The average molecular weight is 394 g/mol. The number of nitrogens with zero attached hydrogens (tertiary/aromatic N) is 2. The van der Waals surface area contributed by atoms with Crippen molar-refractivity contribution in [3.63, 3.8) is 0 Å². The Bertz CT molecular complexity index is 807. The van der Waals surface area contributed by atoms with Gasteiger partial charge in [0.1, 0.15) is 5.82 Å². The lowest BCUT2D eigenvalue weighted by Crippen LogP contribution is -2.33. The van der Waals surface area contributed by atoms with Gasteiger partial charge < -0.3 is 14.7 Å². The van der Waals surface area contributed by atoms with Crippen LogP contribution in [0, 0.1) is 0 Å². The Kier molecular flexibility index (Phi) is 5.88. The number of ether oxygens (including phenoxy) is 1. The molecule has 0 radical (unpaired) electrons. The van der Waals surface area contributed by atoms with Gasteiger partial charge in [0.05, 0.1) is 23.8 Å². The van der Waals surface area contributed by atoms with Gasteiger partial charge in [-0.05, 0) is 43.2 Å². The number of aromatic carboxylic acids is 1. The van der Waals surface area contributed by atoms with E-state index in [-0.39, 0.29) is 17.5 Å². The maximum atomic E-state index is 12.8. The van der Waals surface area contributed by atoms with Crippen molar-refractivity contribution in [2.24, 2.45) is 0 Å². The molecule has 8 heteroatoms. The number of pyridine rings is 1. The summed E-state index contributed by atoms with van der Waals surface area (Å²) in [5.41, 5.74) is 0.269. The second kappa shape index (κ2) is 8.18. The highest BCUT2D eigenvalue weighted by Crippen LogP contribution is 2.36. The second-order valence-electron chi connectivity index (χ2n) is 6.73. The number of carbonyl (C=O) groups is 1. The molecule has 0 bridgehead atoms. The Balaban J connectivity index is 1.81. The number of anilines is 1. The summed E-state index contributed by atoms with van der Waals surface area (Å²) in [6, 6.07) is 8.41. The van der Waals surface area contributed by atoms with E-state index in [2.05, 4.69) is 4.98 Å². The number of hydrogen-bond donors (Lipinski definition) is 1. The first-order valence-electron chi connectivity index (χ1n) is 9.00. The highest BCUT2D eigenvalue weighted by Gasteiger charge is 2.35. The number of benzene rings is 1. The summed E-state index contributed by atoms with van der Waals surface area (Å²) < 4.78 is 44.0. The van der Waals surface area contributed by atoms with Crippen LogP contribution in [0.4, 0.5) is 19.0 Å². The summed E-state index contributed by atoms with van der Waals surface area (Å²) in [6.45, 7) is 3.49. The first kappa shape index (κ1) is 20.1. The molecule has 0 aliphatic carbocycles. The van der Waals surface area contributed by atoms with E-state index >= 15 is 0 Å². The molecule has 28 heavy (non-hydrogen) atoms. The molecule has 5 nitrogen and oxygen atoms in total. The lowest BCUT2D eigenvalue weighted by molar-refractivity contribution is -0.137. The molecule has 1 aromatic carbocycles. The number of alkyl halides is 3. The van der Waals surface area contributed by atoms with Crippen molar-refractivity contribution in [1.82, 2.24) is 4.98 Å². The van der Waals surface area contributed by atoms with Crippen molar-refractivity contribution >= 4 is 11.8 Å². The molecule has 1 aromatic heterocycles. The maximum absolute atomic E-state index is 12.8. The Labute approximate surface area is 160 Å². The zero-order valence-corrected chi connectivity index (χ0v) is 15.3. The van der Waals surface area contributed by atoms with Gasteiger partial charge in [-0.15, -0.1) is 0 Å². The predicted molar refractivity (Wildman–Crippen MR) is 97.6 cm³/mol. The van der Waals surface area contributed by atoms with Gasteiger partial charge in [-0.2, -0.15) is 13.2 Å². The van der Waals surface area contributed by atoms with E-state index < -0.39 is 17.7 Å². The summed E-state index contributed by atoms with van der Waals surface area (Å²) in [5.74, 6) is -0.383. The van der Waals surface area contributed by atoms with E-state index in [0.29, 0.717) is 32.0 Å². The molecule has 1 fully saturated rings. The van der Waals surface area contributed by atoms with Crippen molar-refractivity contribution in [2.45, 2.75) is 31.5 Å². The standard InChI is InChI=1S/C20H21F3N2O3/c1-2-28-12-17-9-15(13-3-6-16(7-4-13)20(21,22)23)11-25(17)18-8-5-14(10-24-18)19(26)27/h3-8,10,15,17H,2,9,11-12H2,1H3,(H,26,27)/t15?,17-/m0/s1. The monoisotopic (exact) mass is 394 g/mol. The predicted octanol–water partition coefficient (Wildman–Crippen LogP) is 4.20. The number of carboxylic acid groups (broad SMARTS) is 1. The molecule has 1 saturated heterocycles. The molecule has 1 aliphatic rings.